The molecule has 1 aromatic heterocycles. The zero-order valence-corrected chi connectivity index (χ0v) is 14.7. The summed E-state index contributed by atoms with van der Waals surface area (Å²) in [5.41, 5.74) is 0.459. The number of rotatable bonds is 6. The normalized spacial score (nSPS) is 22.0. The maximum absolute atomic E-state index is 12.4. The van der Waals surface area contributed by atoms with E-state index >= 15 is 0 Å². The van der Waals surface area contributed by atoms with Crippen LogP contribution in [0.2, 0.25) is 0 Å². The second-order valence-corrected chi connectivity index (χ2v) is 8.42. The van der Waals surface area contributed by atoms with E-state index in [2.05, 4.69) is 10.4 Å². The van der Waals surface area contributed by atoms with E-state index in [0.717, 1.165) is 0 Å². The van der Waals surface area contributed by atoms with Gasteiger partial charge in [-0.15, -0.1) is 0 Å². The Morgan fingerprint density at radius 2 is 2.17 bits per heavy atom. The number of ether oxygens (including phenoxy) is 1. The van der Waals surface area contributed by atoms with Crippen LogP contribution in [0.1, 0.15) is 30.4 Å². The van der Waals surface area contributed by atoms with Gasteiger partial charge in [-0.25, -0.2) is 12.7 Å². The third-order valence-electron chi connectivity index (χ3n) is 3.89. The van der Waals surface area contributed by atoms with Crippen LogP contribution < -0.4 is 5.32 Å². The van der Waals surface area contributed by atoms with Crippen LogP contribution in [0.15, 0.2) is 12.3 Å². The number of carbonyl (C=O) groups excluding carboxylic acids is 1. The molecule has 0 aromatic carbocycles. The number of sulfonamides is 1. The molecule has 2 atom stereocenters. The van der Waals surface area contributed by atoms with Crippen molar-refractivity contribution < 1.29 is 17.9 Å². The summed E-state index contributed by atoms with van der Waals surface area (Å²) in [5.74, 6) is -0.574. The van der Waals surface area contributed by atoms with Crippen LogP contribution in [0, 0.1) is 5.92 Å². The molecule has 0 aliphatic carbocycles. The van der Waals surface area contributed by atoms with Gasteiger partial charge in [-0.1, -0.05) is 0 Å². The molecule has 1 saturated heterocycles. The Hall–Kier alpha value is -1.45. The van der Waals surface area contributed by atoms with Crippen molar-refractivity contribution in [1.29, 1.82) is 0 Å². The van der Waals surface area contributed by atoms with Crippen molar-refractivity contribution in [3.05, 3.63) is 18.0 Å². The van der Waals surface area contributed by atoms with Crippen LogP contribution in [0.5, 0.6) is 0 Å². The number of amides is 1. The number of nitrogens with zero attached hydrogens (tertiary/aromatic N) is 3. The predicted molar refractivity (Wildman–Crippen MR) is 85.6 cm³/mol. The Morgan fingerprint density at radius 3 is 2.78 bits per heavy atom. The fraction of sp³-hybridized carbons (Fsp3) is 0.714. The fourth-order valence-corrected chi connectivity index (χ4v) is 3.66. The molecule has 2 heterocycles. The van der Waals surface area contributed by atoms with Gasteiger partial charge in [0.25, 0.3) is 5.91 Å². The minimum absolute atomic E-state index is 0.0472. The summed E-state index contributed by atoms with van der Waals surface area (Å²) in [6, 6.07) is 1.39. The second-order valence-electron chi connectivity index (χ2n) is 6.19. The first-order valence-electron chi connectivity index (χ1n) is 7.54. The van der Waals surface area contributed by atoms with E-state index in [-0.39, 0.29) is 29.7 Å². The molecule has 0 bridgehead atoms. The third-order valence-corrected chi connectivity index (χ3v) is 5.85. The molecular formula is C14H24N4O4S. The number of hydrogen-bond acceptors (Lipinski definition) is 5. The lowest BCUT2D eigenvalue weighted by atomic mass is 10.1. The van der Waals surface area contributed by atoms with Crippen molar-refractivity contribution in [2.24, 2.45) is 5.92 Å². The lowest BCUT2D eigenvalue weighted by Gasteiger charge is -2.21. The van der Waals surface area contributed by atoms with Crippen molar-refractivity contribution >= 4 is 15.9 Å². The minimum Gasteiger partial charge on any atom is -0.379 e. The zero-order chi connectivity index (χ0) is 17.2. The van der Waals surface area contributed by atoms with Gasteiger partial charge in [0.15, 0.2) is 0 Å². The van der Waals surface area contributed by atoms with Crippen LogP contribution >= 0.6 is 0 Å². The average Bonchev–Trinajstić information content (AvgIpc) is 3.07. The topological polar surface area (TPSA) is 93.5 Å². The number of aromatic nitrogens is 2. The summed E-state index contributed by atoms with van der Waals surface area (Å²) in [7, 11) is -0.341. The predicted octanol–water partition coefficient (Wildman–Crippen LogP) is 0.100. The maximum Gasteiger partial charge on any atom is 0.269 e. The molecule has 1 fully saturated rings. The molecule has 1 aromatic rings. The highest BCUT2D eigenvalue weighted by atomic mass is 32.2. The molecule has 0 spiro atoms. The number of carbonyl (C=O) groups is 1. The zero-order valence-electron chi connectivity index (χ0n) is 13.9. The Bertz CT molecular complexity index is 653. The van der Waals surface area contributed by atoms with E-state index in [0.29, 0.717) is 18.9 Å². The smallest absolute Gasteiger partial charge is 0.269 e. The number of hydrogen-bond donors (Lipinski definition) is 1. The van der Waals surface area contributed by atoms with Crippen LogP contribution in [0.4, 0.5) is 0 Å². The summed E-state index contributed by atoms with van der Waals surface area (Å²) in [5, 5.41) is 7.02. The lowest BCUT2D eigenvalue weighted by Crippen LogP contribution is -2.44. The Balaban J connectivity index is 2.07. The molecule has 1 aliphatic heterocycles. The van der Waals surface area contributed by atoms with Gasteiger partial charge in [0.2, 0.25) is 10.0 Å². The van der Waals surface area contributed by atoms with Gasteiger partial charge in [0.1, 0.15) is 5.69 Å². The van der Waals surface area contributed by atoms with Gasteiger partial charge in [0.05, 0.1) is 25.0 Å². The summed E-state index contributed by atoms with van der Waals surface area (Å²) in [6.45, 7) is 4.51. The Morgan fingerprint density at radius 1 is 1.48 bits per heavy atom. The molecular weight excluding hydrogens is 320 g/mol. The highest BCUT2D eigenvalue weighted by Gasteiger charge is 2.34. The van der Waals surface area contributed by atoms with Crippen LogP contribution in [0.3, 0.4) is 0 Å². The SMILES string of the molecule is CC(C)n1nccc1C(=O)N[C@@H]1COC[C@H]1CS(=O)(=O)N(C)C. The van der Waals surface area contributed by atoms with Crippen LogP contribution in [0.25, 0.3) is 0 Å². The molecule has 1 amide bonds. The molecule has 23 heavy (non-hydrogen) atoms. The van der Waals surface area contributed by atoms with Crippen LogP contribution in [-0.4, -0.2) is 67.5 Å². The lowest BCUT2D eigenvalue weighted by molar-refractivity contribution is 0.0913. The van der Waals surface area contributed by atoms with E-state index in [1.54, 1.807) is 16.9 Å². The fourth-order valence-electron chi connectivity index (χ4n) is 2.49. The largest absolute Gasteiger partial charge is 0.379 e. The van der Waals surface area contributed by atoms with Crippen molar-refractivity contribution in [3.8, 4) is 0 Å². The van der Waals surface area contributed by atoms with Gasteiger partial charge in [-0.2, -0.15) is 5.10 Å². The first-order chi connectivity index (χ1) is 10.7. The molecule has 9 heteroatoms. The molecule has 8 nitrogen and oxygen atoms in total. The molecule has 130 valence electrons. The van der Waals surface area contributed by atoms with E-state index in [1.165, 1.54) is 18.4 Å². The van der Waals surface area contributed by atoms with Crippen molar-refractivity contribution in [2.45, 2.75) is 25.9 Å². The van der Waals surface area contributed by atoms with E-state index in [9.17, 15) is 13.2 Å². The molecule has 1 N–H and O–H groups in total. The van der Waals surface area contributed by atoms with Gasteiger partial charge >= 0.3 is 0 Å². The summed E-state index contributed by atoms with van der Waals surface area (Å²) < 4.78 is 32.3. The van der Waals surface area contributed by atoms with Gasteiger partial charge in [0, 0.05) is 32.3 Å². The van der Waals surface area contributed by atoms with Gasteiger partial charge < -0.3 is 10.1 Å². The quantitative estimate of drug-likeness (QED) is 0.790. The van der Waals surface area contributed by atoms with Crippen molar-refractivity contribution in [2.75, 3.05) is 33.1 Å². The first-order valence-corrected chi connectivity index (χ1v) is 9.15. The van der Waals surface area contributed by atoms with E-state index < -0.39 is 10.0 Å². The maximum atomic E-state index is 12.4. The number of nitrogens with one attached hydrogen (secondary N) is 1. The molecule has 2 rings (SSSR count). The first kappa shape index (κ1) is 17.9. The monoisotopic (exact) mass is 344 g/mol. The Kier molecular flexibility index (Phi) is 5.43. The summed E-state index contributed by atoms with van der Waals surface area (Å²) in [6.07, 6.45) is 1.58. The molecule has 0 unspecified atom stereocenters. The van der Waals surface area contributed by atoms with Crippen LogP contribution in [-0.2, 0) is 14.8 Å². The van der Waals surface area contributed by atoms with Gasteiger partial charge in [-0.05, 0) is 19.9 Å². The second kappa shape index (κ2) is 6.98. The summed E-state index contributed by atoms with van der Waals surface area (Å²) in [4.78, 5) is 12.4. The summed E-state index contributed by atoms with van der Waals surface area (Å²) >= 11 is 0. The van der Waals surface area contributed by atoms with Gasteiger partial charge in [-0.3, -0.25) is 9.48 Å². The van der Waals surface area contributed by atoms with Crippen molar-refractivity contribution in [1.82, 2.24) is 19.4 Å². The highest BCUT2D eigenvalue weighted by molar-refractivity contribution is 7.89. The molecule has 1 aliphatic rings. The highest BCUT2D eigenvalue weighted by Crippen LogP contribution is 2.18. The minimum atomic E-state index is -3.34. The van der Waals surface area contributed by atoms with E-state index in [1.807, 2.05) is 13.8 Å². The third kappa shape index (κ3) is 4.10. The Labute approximate surface area is 136 Å². The molecule has 0 radical (unpaired) electrons. The standard InChI is InChI=1S/C14H24N4O4S/c1-10(2)18-13(5-6-15-18)14(19)16-12-8-22-7-11(12)9-23(20,21)17(3)4/h5-6,10-12H,7-9H2,1-4H3,(H,16,19)/t11-,12+/m0/s1. The molecule has 0 saturated carbocycles. The average molecular weight is 344 g/mol. The van der Waals surface area contributed by atoms with E-state index in [4.69, 9.17) is 4.74 Å². The van der Waals surface area contributed by atoms with Crippen molar-refractivity contribution in [3.63, 3.8) is 0 Å².